The first-order chi connectivity index (χ1) is 8.49. The van der Waals surface area contributed by atoms with Crippen molar-refractivity contribution in [3.8, 4) is 0 Å². The third-order valence-electron chi connectivity index (χ3n) is 3.00. The number of hydrogen-bond acceptors (Lipinski definition) is 3. The summed E-state index contributed by atoms with van der Waals surface area (Å²) in [5, 5.41) is 11.7. The third kappa shape index (κ3) is 3.57. The molecular weight excluding hydrogens is 250 g/mol. The topological polar surface area (TPSA) is 66.4 Å². The Hall–Kier alpha value is -1.36. The van der Waals surface area contributed by atoms with Gasteiger partial charge < -0.3 is 10.4 Å². The van der Waals surface area contributed by atoms with Crippen molar-refractivity contribution in [2.45, 2.75) is 39.7 Å². The maximum absolute atomic E-state index is 11.9. The highest BCUT2D eigenvalue weighted by Gasteiger charge is 2.26. The maximum atomic E-state index is 11.9. The van der Waals surface area contributed by atoms with E-state index in [0.29, 0.717) is 11.3 Å². The molecule has 1 heterocycles. The molecule has 0 radical (unpaired) electrons. The van der Waals surface area contributed by atoms with Gasteiger partial charge in [0.1, 0.15) is 6.04 Å². The first-order valence-electron chi connectivity index (χ1n) is 6.11. The van der Waals surface area contributed by atoms with Gasteiger partial charge in [0, 0.05) is 4.88 Å². The maximum Gasteiger partial charge on any atom is 0.326 e. The number of hydrogen-bond donors (Lipinski definition) is 2. The molecule has 18 heavy (non-hydrogen) atoms. The Kier molecular flexibility index (Phi) is 5.34. The lowest BCUT2D eigenvalue weighted by atomic mass is 9.99. The second-order valence-corrected chi connectivity index (χ2v) is 5.46. The standard InChI is InChI=1S/C13H19NO3S/c1-4-8(3)11(13(16)17)14-12(15)10-7-6-9(5-2)18-10/h6-8,11H,4-5H2,1-3H3,(H,14,15)(H,16,17). The van der Waals surface area contributed by atoms with Crippen LogP contribution in [0.3, 0.4) is 0 Å². The van der Waals surface area contributed by atoms with Crippen LogP contribution in [0.1, 0.15) is 41.7 Å². The van der Waals surface area contributed by atoms with Gasteiger partial charge in [-0.05, 0) is 24.5 Å². The summed E-state index contributed by atoms with van der Waals surface area (Å²) in [5.41, 5.74) is 0. The van der Waals surface area contributed by atoms with Crippen molar-refractivity contribution < 1.29 is 14.7 Å². The van der Waals surface area contributed by atoms with Gasteiger partial charge in [0.2, 0.25) is 0 Å². The average Bonchev–Trinajstić information content (AvgIpc) is 2.83. The van der Waals surface area contributed by atoms with E-state index in [2.05, 4.69) is 5.32 Å². The number of carboxylic acid groups (broad SMARTS) is 1. The quantitative estimate of drug-likeness (QED) is 0.834. The lowest BCUT2D eigenvalue weighted by Gasteiger charge is -2.19. The van der Waals surface area contributed by atoms with Gasteiger partial charge >= 0.3 is 5.97 Å². The van der Waals surface area contributed by atoms with Gasteiger partial charge in [-0.1, -0.05) is 27.2 Å². The van der Waals surface area contributed by atoms with Crippen LogP contribution in [0, 0.1) is 5.92 Å². The highest BCUT2D eigenvalue weighted by Crippen LogP contribution is 2.17. The van der Waals surface area contributed by atoms with Crippen molar-refractivity contribution in [1.82, 2.24) is 5.32 Å². The van der Waals surface area contributed by atoms with E-state index < -0.39 is 12.0 Å². The minimum absolute atomic E-state index is 0.0861. The Morgan fingerprint density at radius 2 is 2.06 bits per heavy atom. The third-order valence-corrected chi connectivity index (χ3v) is 4.23. The summed E-state index contributed by atoms with van der Waals surface area (Å²) in [7, 11) is 0. The SMILES string of the molecule is CCc1ccc(C(=O)NC(C(=O)O)C(C)CC)s1. The van der Waals surface area contributed by atoms with Crippen LogP contribution in [-0.2, 0) is 11.2 Å². The Morgan fingerprint density at radius 3 is 2.50 bits per heavy atom. The second kappa shape index (κ2) is 6.54. The van der Waals surface area contributed by atoms with E-state index in [4.69, 9.17) is 5.11 Å². The summed E-state index contributed by atoms with van der Waals surface area (Å²) in [4.78, 5) is 24.8. The fourth-order valence-corrected chi connectivity index (χ4v) is 2.44. The summed E-state index contributed by atoms with van der Waals surface area (Å²) >= 11 is 1.41. The molecule has 5 heteroatoms. The predicted octanol–water partition coefficient (Wildman–Crippen LogP) is 2.54. The number of carboxylic acids is 1. The van der Waals surface area contributed by atoms with Crippen molar-refractivity contribution in [1.29, 1.82) is 0 Å². The molecule has 100 valence electrons. The zero-order valence-corrected chi connectivity index (χ0v) is 11.7. The van der Waals surface area contributed by atoms with E-state index in [9.17, 15) is 9.59 Å². The summed E-state index contributed by atoms with van der Waals surface area (Å²) in [6, 6.07) is 2.82. The molecule has 2 unspecified atom stereocenters. The number of aryl methyl sites for hydroxylation is 1. The molecule has 2 N–H and O–H groups in total. The van der Waals surface area contributed by atoms with E-state index in [-0.39, 0.29) is 11.8 Å². The van der Waals surface area contributed by atoms with E-state index in [1.165, 1.54) is 11.3 Å². The normalized spacial score (nSPS) is 13.9. The molecule has 0 fully saturated rings. The summed E-state index contributed by atoms with van der Waals surface area (Å²) in [6.45, 7) is 5.75. The Balaban J connectivity index is 2.75. The Bertz CT molecular complexity index is 428. The van der Waals surface area contributed by atoms with E-state index in [0.717, 1.165) is 11.3 Å². The molecule has 0 saturated carbocycles. The molecule has 0 spiro atoms. The van der Waals surface area contributed by atoms with Crippen LogP contribution in [0.5, 0.6) is 0 Å². The first-order valence-corrected chi connectivity index (χ1v) is 6.93. The van der Waals surface area contributed by atoms with Gasteiger partial charge in [0.25, 0.3) is 5.91 Å². The number of aliphatic carboxylic acids is 1. The van der Waals surface area contributed by atoms with Crippen LogP contribution in [0.25, 0.3) is 0 Å². The van der Waals surface area contributed by atoms with Gasteiger partial charge in [0.05, 0.1) is 4.88 Å². The van der Waals surface area contributed by atoms with Crippen molar-refractivity contribution in [3.05, 3.63) is 21.9 Å². The fourth-order valence-electron chi connectivity index (χ4n) is 1.59. The molecule has 1 aromatic rings. The minimum Gasteiger partial charge on any atom is -0.480 e. The highest BCUT2D eigenvalue weighted by molar-refractivity contribution is 7.14. The molecular formula is C13H19NO3S. The molecule has 0 saturated heterocycles. The average molecular weight is 269 g/mol. The van der Waals surface area contributed by atoms with Gasteiger partial charge in [-0.2, -0.15) is 0 Å². The van der Waals surface area contributed by atoms with Crippen molar-refractivity contribution in [2.75, 3.05) is 0 Å². The van der Waals surface area contributed by atoms with Gasteiger partial charge in [-0.3, -0.25) is 4.79 Å². The van der Waals surface area contributed by atoms with Crippen LogP contribution in [0.2, 0.25) is 0 Å². The number of rotatable bonds is 6. The molecule has 0 aliphatic carbocycles. The van der Waals surface area contributed by atoms with Crippen molar-refractivity contribution >= 4 is 23.2 Å². The Morgan fingerprint density at radius 1 is 1.39 bits per heavy atom. The van der Waals surface area contributed by atoms with Gasteiger partial charge in [-0.25, -0.2) is 4.79 Å². The fraction of sp³-hybridized carbons (Fsp3) is 0.538. The lowest BCUT2D eigenvalue weighted by molar-refractivity contribution is -0.140. The number of carbonyl (C=O) groups is 2. The molecule has 0 aliphatic rings. The summed E-state index contributed by atoms with van der Waals surface area (Å²) in [6.07, 6.45) is 1.59. The molecule has 1 amide bonds. The summed E-state index contributed by atoms with van der Waals surface area (Å²) < 4.78 is 0. The lowest BCUT2D eigenvalue weighted by Crippen LogP contribution is -2.44. The van der Waals surface area contributed by atoms with Gasteiger partial charge in [0.15, 0.2) is 0 Å². The molecule has 0 bridgehead atoms. The Labute approximate surface area is 111 Å². The molecule has 0 aliphatic heterocycles. The van der Waals surface area contributed by atoms with Crippen molar-refractivity contribution in [2.24, 2.45) is 5.92 Å². The molecule has 0 aromatic carbocycles. The van der Waals surface area contributed by atoms with E-state index in [1.807, 2.05) is 26.8 Å². The summed E-state index contributed by atoms with van der Waals surface area (Å²) in [5.74, 6) is -1.37. The molecule has 2 atom stereocenters. The zero-order chi connectivity index (χ0) is 13.7. The predicted molar refractivity (Wildman–Crippen MR) is 72.0 cm³/mol. The second-order valence-electron chi connectivity index (χ2n) is 4.29. The first kappa shape index (κ1) is 14.7. The highest BCUT2D eigenvalue weighted by atomic mass is 32.1. The van der Waals surface area contributed by atoms with Crippen LogP contribution >= 0.6 is 11.3 Å². The molecule has 4 nitrogen and oxygen atoms in total. The largest absolute Gasteiger partial charge is 0.480 e. The van der Waals surface area contributed by atoms with E-state index >= 15 is 0 Å². The molecule has 1 aromatic heterocycles. The number of nitrogens with one attached hydrogen (secondary N) is 1. The van der Waals surface area contributed by atoms with Crippen LogP contribution in [-0.4, -0.2) is 23.0 Å². The van der Waals surface area contributed by atoms with E-state index in [1.54, 1.807) is 6.07 Å². The smallest absolute Gasteiger partial charge is 0.326 e. The monoisotopic (exact) mass is 269 g/mol. The van der Waals surface area contributed by atoms with Crippen molar-refractivity contribution in [3.63, 3.8) is 0 Å². The van der Waals surface area contributed by atoms with Crippen LogP contribution in [0.4, 0.5) is 0 Å². The number of amides is 1. The molecule has 1 rings (SSSR count). The number of carbonyl (C=O) groups excluding carboxylic acids is 1. The number of thiophene rings is 1. The zero-order valence-electron chi connectivity index (χ0n) is 10.9. The van der Waals surface area contributed by atoms with Crippen LogP contribution in [0.15, 0.2) is 12.1 Å². The van der Waals surface area contributed by atoms with Crippen LogP contribution < -0.4 is 5.32 Å². The van der Waals surface area contributed by atoms with Gasteiger partial charge in [-0.15, -0.1) is 11.3 Å². The minimum atomic E-state index is -0.982.